The van der Waals surface area contributed by atoms with Crippen molar-refractivity contribution in [2.75, 3.05) is 5.32 Å². The SMILES string of the molecule is CC(C)Nc1cc(-n2ncc3cc(C#N)cnc32)ncc1-c1cc([C@H]2CC[C@@H](NC(=O)O)CC2)no1. The molecule has 3 N–H and O–H groups in total. The molecule has 0 unspecified atom stereocenters. The molecule has 0 aliphatic heterocycles. The first-order valence-electron chi connectivity index (χ1n) is 11.9. The summed E-state index contributed by atoms with van der Waals surface area (Å²) < 4.78 is 7.38. The van der Waals surface area contributed by atoms with E-state index in [-0.39, 0.29) is 18.0 Å². The number of rotatable bonds is 6. The van der Waals surface area contributed by atoms with Gasteiger partial charge in [0.1, 0.15) is 6.07 Å². The maximum Gasteiger partial charge on any atom is 0.404 e. The molecule has 1 fully saturated rings. The van der Waals surface area contributed by atoms with Crippen molar-refractivity contribution in [1.29, 1.82) is 5.26 Å². The van der Waals surface area contributed by atoms with Gasteiger partial charge in [-0.25, -0.2) is 14.8 Å². The van der Waals surface area contributed by atoms with E-state index in [1.807, 2.05) is 26.0 Å². The molecule has 4 heterocycles. The molecular weight excluding hydrogens is 460 g/mol. The second-order valence-electron chi connectivity index (χ2n) is 9.31. The summed E-state index contributed by atoms with van der Waals surface area (Å²) in [6.07, 6.45) is 7.18. The molecule has 0 bridgehead atoms. The normalized spacial score (nSPS) is 17.7. The molecule has 36 heavy (non-hydrogen) atoms. The standard InChI is InChI=1S/C25H26N8O3/c1-14(2)30-21-9-23(33-24-17(12-29-33)7-15(10-26)11-28-24)27-13-19(21)22-8-20(32-36-22)16-3-5-18(6-4-16)31-25(34)35/h7-9,11-14,16,18,31H,3-6H2,1-2H3,(H,27,30)(H,34,35)/t16-,18+. The van der Waals surface area contributed by atoms with E-state index in [1.165, 1.54) is 6.20 Å². The van der Waals surface area contributed by atoms with Gasteiger partial charge in [0.15, 0.2) is 17.2 Å². The number of pyridine rings is 2. The minimum Gasteiger partial charge on any atom is -0.465 e. The lowest BCUT2D eigenvalue weighted by atomic mass is 9.84. The maximum atomic E-state index is 10.9. The van der Waals surface area contributed by atoms with Gasteiger partial charge in [0.25, 0.3) is 0 Å². The summed E-state index contributed by atoms with van der Waals surface area (Å²) in [6, 6.07) is 7.83. The van der Waals surface area contributed by atoms with Crippen LogP contribution in [0.1, 0.15) is 56.7 Å². The molecule has 11 heteroatoms. The monoisotopic (exact) mass is 486 g/mol. The molecule has 0 atom stereocenters. The maximum absolute atomic E-state index is 10.9. The summed E-state index contributed by atoms with van der Waals surface area (Å²) in [4.78, 5) is 19.9. The van der Waals surface area contributed by atoms with E-state index in [0.29, 0.717) is 22.8 Å². The van der Waals surface area contributed by atoms with Gasteiger partial charge < -0.3 is 20.3 Å². The Kier molecular flexibility index (Phi) is 6.25. The molecule has 1 saturated carbocycles. The average molecular weight is 487 g/mol. The highest BCUT2D eigenvalue weighted by Crippen LogP contribution is 2.36. The summed E-state index contributed by atoms with van der Waals surface area (Å²) in [7, 11) is 0. The van der Waals surface area contributed by atoms with Crippen LogP contribution in [0.4, 0.5) is 10.5 Å². The molecule has 1 aliphatic rings. The third kappa shape index (κ3) is 4.70. The Morgan fingerprint density at radius 1 is 1.17 bits per heavy atom. The fourth-order valence-electron chi connectivity index (χ4n) is 4.65. The number of fused-ring (bicyclic) bond motifs is 1. The van der Waals surface area contributed by atoms with Crippen LogP contribution >= 0.6 is 0 Å². The summed E-state index contributed by atoms with van der Waals surface area (Å²) in [5.41, 5.74) is 3.56. The largest absolute Gasteiger partial charge is 0.465 e. The van der Waals surface area contributed by atoms with Crippen LogP contribution in [0.15, 0.2) is 41.3 Å². The molecule has 4 aromatic rings. The van der Waals surface area contributed by atoms with Gasteiger partial charge >= 0.3 is 6.09 Å². The van der Waals surface area contributed by atoms with E-state index >= 15 is 0 Å². The lowest BCUT2D eigenvalue weighted by molar-refractivity contribution is 0.184. The lowest BCUT2D eigenvalue weighted by Gasteiger charge is -2.26. The zero-order valence-electron chi connectivity index (χ0n) is 20.0. The van der Waals surface area contributed by atoms with Gasteiger partial charge in [-0.2, -0.15) is 15.0 Å². The Morgan fingerprint density at radius 2 is 1.97 bits per heavy atom. The van der Waals surface area contributed by atoms with Crippen LogP contribution in [0.2, 0.25) is 0 Å². The van der Waals surface area contributed by atoms with Gasteiger partial charge in [-0.15, -0.1) is 0 Å². The van der Waals surface area contributed by atoms with Crippen molar-refractivity contribution in [3.8, 4) is 23.2 Å². The van der Waals surface area contributed by atoms with Crippen molar-refractivity contribution in [3.05, 3.63) is 48.0 Å². The van der Waals surface area contributed by atoms with Gasteiger partial charge in [0.2, 0.25) is 0 Å². The Bertz CT molecular complexity index is 1440. The van der Waals surface area contributed by atoms with Crippen LogP contribution in [-0.4, -0.2) is 48.2 Å². The van der Waals surface area contributed by atoms with Crippen LogP contribution in [0, 0.1) is 11.3 Å². The molecule has 4 aromatic heterocycles. The summed E-state index contributed by atoms with van der Waals surface area (Å²) in [6.45, 7) is 4.10. The highest BCUT2D eigenvalue weighted by Gasteiger charge is 2.26. The molecular formula is C25H26N8O3. The smallest absolute Gasteiger partial charge is 0.404 e. The number of nitrogens with zero attached hydrogens (tertiary/aromatic N) is 6. The van der Waals surface area contributed by atoms with Crippen molar-refractivity contribution >= 4 is 22.8 Å². The summed E-state index contributed by atoms with van der Waals surface area (Å²) in [5.74, 6) is 1.42. The van der Waals surface area contributed by atoms with E-state index < -0.39 is 6.09 Å². The number of hydrogen-bond donors (Lipinski definition) is 3. The van der Waals surface area contributed by atoms with Crippen LogP contribution in [-0.2, 0) is 0 Å². The van der Waals surface area contributed by atoms with Gasteiger partial charge in [-0.05, 0) is 45.6 Å². The van der Waals surface area contributed by atoms with Gasteiger partial charge in [0.05, 0.1) is 28.7 Å². The second kappa shape index (κ2) is 9.65. The minimum absolute atomic E-state index is 0.0110. The molecule has 1 amide bonds. The Hall–Kier alpha value is -4.46. The number of hydrogen-bond acceptors (Lipinski definition) is 8. The Morgan fingerprint density at radius 3 is 2.69 bits per heavy atom. The molecule has 0 saturated heterocycles. The van der Waals surface area contributed by atoms with E-state index in [0.717, 1.165) is 48.0 Å². The van der Waals surface area contributed by atoms with Gasteiger partial charge in [-0.1, -0.05) is 5.16 Å². The highest BCUT2D eigenvalue weighted by atomic mass is 16.5. The van der Waals surface area contributed by atoms with Gasteiger partial charge in [0, 0.05) is 47.9 Å². The number of carbonyl (C=O) groups is 1. The Balaban J connectivity index is 1.42. The van der Waals surface area contributed by atoms with Crippen molar-refractivity contribution < 1.29 is 14.4 Å². The molecule has 0 radical (unpaired) electrons. The average Bonchev–Trinajstić information content (AvgIpc) is 3.51. The first kappa shape index (κ1) is 23.3. The van der Waals surface area contributed by atoms with Gasteiger partial charge in [-0.3, -0.25) is 0 Å². The fourth-order valence-corrected chi connectivity index (χ4v) is 4.65. The summed E-state index contributed by atoms with van der Waals surface area (Å²) in [5, 5.41) is 33.6. The van der Waals surface area contributed by atoms with E-state index in [9.17, 15) is 4.79 Å². The number of carboxylic acid groups (broad SMARTS) is 1. The minimum atomic E-state index is -0.978. The third-order valence-electron chi connectivity index (χ3n) is 6.35. The van der Waals surface area contributed by atoms with E-state index in [1.54, 1.807) is 23.1 Å². The first-order chi connectivity index (χ1) is 17.4. The number of anilines is 1. The molecule has 184 valence electrons. The second-order valence-corrected chi connectivity index (χ2v) is 9.31. The Labute approximate surface area is 207 Å². The predicted octanol–water partition coefficient (Wildman–Crippen LogP) is 4.46. The van der Waals surface area contributed by atoms with Crippen molar-refractivity contribution in [1.82, 2.24) is 30.2 Å². The van der Waals surface area contributed by atoms with Crippen LogP contribution in [0.3, 0.4) is 0 Å². The fraction of sp³-hybridized carbons (Fsp3) is 0.360. The zero-order chi connectivity index (χ0) is 25.2. The van der Waals surface area contributed by atoms with Crippen molar-refractivity contribution in [3.63, 3.8) is 0 Å². The summed E-state index contributed by atoms with van der Waals surface area (Å²) >= 11 is 0. The first-order valence-corrected chi connectivity index (χ1v) is 11.9. The molecule has 0 aromatic carbocycles. The van der Waals surface area contributed by atoms with Crippen molar-refractivity contribution in [2.45, 2.75) is 57.5 Å². The van der Waals surface area contributed by atoms with Crippen LogP contribution < -0.4 is 10.6 Å². The quantitative estimate of drug-likeness (QED) is 0.358. The van der Waals surface area contributed by atoms with E-state index in [2.05, 4.69) is 36.9 Å². The number of nitriles is 1. The lowest BCUT2D eigenvalue weighted by Crippen LogP contribution is -2.36. The molecule has 11 nitrogen and oxygen atoms in total. The number of aromatic nitrogens is 5. The highest BCUT2D eigenvalue weighted by molar-refractivity contribution is 5.79. The number of amides is 1. The number of nitrogens with one attached hydrogen (secondary N) is 2. The topological polar surface area (TPSA) is 155 Å². The van der Waals surface area contributed by atoms with Crippen LogP contribution in [0.5, 0.6) is 0 Å². The van der Waals surface area contributed by atoms with Crippen LogP contribution in [0.25, 0.3) is 28.2 Å². The third-order valence-corrected chi connectivity index (χ3v) is 6.35. The molecule has 1 aliphatic carbocycles. The predicted molar refractivity (Wildman–Crippen MR) is 132 cm³/mol. The van der Waals surface area contributed by atoms with E-state index in [4.69, 9.17) is 14.9 Å². The molecule has 5 rings (SSSR count). The zero-order valence-corrected chi connectivity index (χ0v) is 20.0. The molecule has 0 spiro atoms. The van der Waals surface area contributed by atoms with Crippen molar-refractivity contribution in [2.24, 2.45) is 0 Å².